The molecule has 1 aliphatic rings. The number of hydrogen-bond acceptors (Lipinski definition) is 4. The number of amides is 1. The zero-order valence-electron chi connectivity index (χ0n) is 16.0. The number of nitrogens with one attached hydrogen (secondary N) is 1. The van der Waals surface area contributed by atoms with Gasteiger partial charge < -0.3 is 14.8 Å². The number of nitrogens with zero attached hydrogens (tertiary/aromatic N) is 2. The Balaban J connectivity index is 1.75. The molecular formula is C22H23N3O3. The van der Waals surface area contributed by atoms with Gasteiger partial charge in [-0.1, -0.05) is 25.1 Å². The molecule has 3 aromatic rings. The van der Waals surface area contributed by atoms with Crippen LogP contribution in [-0.2, 0) is 4.79 Å². The first-order valence-electron chi connectivity index (χ1n) is 9.45. The van der Waals surface area contributed by atoms with Gasteiger partial charge in [-0.25, -0.2) is 4.68 Å². The molecule has 1 aromatic heterocycles. The van der Waals surface area contributed by atoms with Crippen LogP contribution in [0.2, 0.25) is 0 Å². The summed E-state index contributed by atoms with van der Waals surface area (Å²) in [6, 6.07) is 15.5. The first kappa shape index (κ1) is 18.1. The van der Waals surface area contributed by atoms with E-state index < -0.39 is 0 Å². The minimum atomic E-state index is -0.0937. The van der Waals surface area contributed by atoms with E-state index in [1.165, 1.54) is 0 Å². The first-order valence-corrected chi connectivity index (χ1v) is 9.45. The maximum Gasteiger partial charge on any atom is 0.226 e. The summed E-state index contributed by atoms with van der Waals surface area (Å²) >= 11 is 0. The van der Waals surface area contributed by atoms with Crippen molar-refractivity contribution in [1.29, 1.82) is 0 Å². The Morgan fingerprint density at radius 2 is 1.93 bits per heavy atom. The number of hydrogen-bond donors (Lipinski definition) is 1. The van der Waals surface area contributed by atoms with Crippen molar-refractivity contribution in [1.82, 2.24) is 9.78 Å². The average molecular weight is 377 g/mol. The molecule has 2 aromatic carbocycles. The molecule has 28 heavy (non-hydrogen) atoms. The molecule has 0 aliphatic carbocycles. The van der Waals surface area contributed by atoms with Crippen LogP contribution in [0.15, 0.2) is 54.7 Å². The monoisotopic (exact) mass is 377 g/mol. The normalized spacial score (nSPS) is 15.6. The van der Waals surface area contributed by atoms with E-state index in [1.807, 2.05) is 54.7 Å². The maximum absolute atomic E-state index is 12.5. The number of para-hydroxylation sites is 1. The highest BCUT2D eigenvalue weighted by Crippen LogP contribution is 2.41. The van der Waals surface area contributed by atoms with Crippen LogP contribution in [0.25, 0.3) is 5.69 Å². The number of benzene rings is 2. The van der Waals surface area contributed by atoms with E-state index in [1.54, 1.807) is 11.8 Å². The van der Waals surface area contributed by atoms with Crippen LogP contribution in [-0.4, -0.2) is 29.4 Å². The van der Waals surface area contributed by atoms with Gasteiger partial charge in [0.15, 0.2) is 0 Å². The highest BCUT2D eigenvalue weighted by molar-refractivity contribution is 5.94. The van der Waals surface area contributed by atoms with Crippen LogP contribution >= 0.6 is 0 Å². The highest BCUT2D eigenvalue weighted by atomic mass is 16.5. The molecule has 0 radical (unpaired) electrons. The summed E-state index contributed by atoms with van der Waals surface area (Å²) in [7, 11) is 1.63. The van der Waals surface area contributed by atoms with Crippen molar-refractivity contribution >= 4 is 11.7 Å². The van der Waals surface area contributed by atoms with Crippen molar-refractivity contribution < 1.29 is 14.3 Å². The van der Waals surface area contributed by atoms with Gasteiger partial charge in [-0.05, 0) is 36.8 Å². The summed E-state index contributed by atoms with van der Waals surface area (Å²) in [6.45, 7) is 2.72. The molecule has 6 heteroatoms. The number of anilines is 1. The van der Waals surface area contributed by atoms with Crippen LogP contribution in [0.1, 0.15) is 36.8 Å². The smallest absolute Gasteiger partial charge is 0.226 e. The van der Waals surface area contributed by atoms with Gasteiger partial charge >= 0.3 is 0 Å². The van der Waals surface area contributed by atoms with E-state index in [9.17, 15) is 4.79 Å². The Bertz CT molecular complexity index is 979. The standard InChI is InChI=1S/C22H23N3O3/c1-3-12-28-20-7-5-4-6-17(20)18-13-21(26)24-22-19(18)14-23-25(22)15-8-10-16(27-2)11-9-15/h4-11,14,18H,3,12-13H2,1-2H3,(H,24,26)/t18-/m1/s1. The number of fused-ring (bicyclic) bond motifs is 1. The lowest BCUT2D eigenvalue weighted by Crippen LogP contribution is -2.25. The number of carbonyl (C=O) groups excluding carboxylic acids is 1. The molecule has 1 atom stereocenters. The predicted molar refractivity (Wildman–Crippen MR) is 107 cm³/mol. The van der Waals surface area contributed by atoms with E-state index in [-0.39, 0.29) is 11.8 Å². The van der Waals surface area contributed by atoms with E-state index >= 15 is 0 Å². The summed E-state index contributed by atoms with van der Waals surface area (Å²) in [6.07, 6.45) is 3.13. The van der Waals surface area contributed by atoms with Crippen LogP contribution in [0.3, 0.4) is 0 Å². The predicted octanol–water partition coefficient (Wildman–Crippen LogP) is 4.14. The molecule has 1 N–H and O–H groups in total. The lowest BCUT2D eigenvalue weighted by molar-refractivity contribution is -0.116. The molecule has 0 saturated carbocycles. The zero-order chi connectivity index (χ0) is 19.5. The van der Waals surface area contributed by atoms with Crippen molar-refractivity contribution in [2.45, 2.75) is 25.7 Å². The number of methoxy groups -OCH3 is 1. The third kappa shape index (κ3) is 3.33. The molecule has 0 spiro atoms. The number of ether oxygens (including phenoxy) is 2. The second kappa shape index (κ2) is 7.76. The molecular weight excluding hydrogens is 354 g/mol. The van der Waals surface area contributed by atoms with Gasteiger partial charge in [0.2, 0.25) is 5.91 Å². The van der Waals surface area contributed by atoms with Gasteiger partial charge in [-0.2, -0.15) is 5.10 Å². The fourth-order valence-electron chi connectivity index (χ4n) is 3.53. The van der Waals surface area contributed by atoms with Crippen LogP contribution in [0, 0.1) is 0 Å². The molecule has 4 rings (SSSR count). The highest BCUT2D eigenvalue weighted by Gasteiger charge is 2.32. The van der Waals surface area contributed by atoms with Crippen molar-refractivity contribution in [3.63, 3.8) is 0 Å². The summed E-state index contributed by atoms with van der Waals surface area (Å²) < 4.78 is 12.9. The van der Waals surface area contributed by atoms with E-state index in [2.05, 4.69) is 17.3 Å². The summed E-state index contributed by atoms with van der Waals surface area (Å²) in [4.78, 5) is 12.5. The third-order valence-corrected chi connectivity index (χ3v) is 4.89. The van der Waals surface area contributed by atoms with E-state index in [4.69, 9.17) is 9.47 Å². The zero-order valence-corrected chi connectivity index (χ0v) is 16.0. The van der Waals surface area contributed by atoms with Gasteiger partial charge in [-0.15, -0.1) is 0 Å². The largest absolute Gasteiger partial charge is 0.497 e. The topological polar surface area (TPSA) is 65.4 Å². The van der Waals surface area contributed by atoms with Crippen molar-refractivity contribution in [3.05, 3.63) is 65.9 Å². The maximum atomic E-state index is 12.5. The number of aromatic nitrogens is 2. The quantitative estimate of drug-likeness (QED) is 0.701. The Hall–Kier alpha value is -3.28. The SMILES string of the molecule is CCCOc1ccccc1[C@H]1CC(=O)Nc2c1cnn2-c1ccc(OC)cc1. The van der Waals surface area contributed by atoms with Crippen molar-refractivity contribution in [3.8, 4) is 17.2 Å². The van der Waals surface area contributed by atoms with Crippen LogP contribution in [0.4, 0.5) is 5.82 Å². The Kier molecular flexibility index (Phi) is 5.02. The summed E-state index contributed by atoms with van der Waals surface area (Å²) in [5.74, 6) is 2.18. The van der Waals surface area contributed by atoms with Crippen LogP contribution in [0.5, 0.6) is 11.5 Å². The Morgan fingerprint density at radius 3 is 2.68 bits per heavy atom. The fraction of sp³-hybridized carbons (Fsp3) is 0.273. The number of carbonyl (C=O) groups is 1. The first-order chi connectivity index (χ1) is 13.7. The molecule has 1 aliphatic heterocycles. The van der Waals surface area contributed by atoms with Gasteiger partial charge in [0.25, 0.3) is 0 Å². The molecule has 0 bridgehead atoms. The van der Waals surface area contributed by atoms with E-state index in [0.717, 1.165) is 34.7 Å². The minimum Gasteiger partial charge on any atom is -0.497 e. The average Bonchev–Trinajstić information content (AvgIpc) is 3.15. The Morgan fingerprint density at radius 1 is 1.14 bits per heavy atom. The molecule has 0 unspecified atom stereocenters. The summed E-state index contributed by atoms with van der Waals surface area (Å²) in [5, 5.41) is 7.53. The third-order valence-electron chi connectivity index (χ3n) is 4.89. The molecule has 1 amide bonds. The van der Waals surface area contributed by atoms with Gasteiger partial charge in [0.1, 0.15) is 17.3 Å². The molecule has 6 nitrogen and oxygen atoms in total. The minimum absolute atomic E-state index is 0.0296. The van der Waals surface area contributed by atoms with Gasteiger partial charge in [0, 0.05) is 23.5 Å². The molecule has 0 fully saturated rings. The summed E-state index contributed by atoms with van der Waals surface area (Å²) in [5.41, 5.74) is 2.86. The lowest BCUT2D eigenvalue weighted by atomic mass is 9.87. The van der Waals surface area contributed by atoms with Gasteiger partial charge in [0.05, 0.1) is 25.6 Å². The molecule has 0 saturated heterocycles. The molecule has 144 valence electrons. The lowest BCUT2D eigenvalue weighted by Gasteiger charge is -2.25. The fourth-order valence-corrected chi connectivity index (χ4v) is 3.53. The van der Waals surface area contributed by atoms with Gasteiger partial charge in [-0.3, -0.25) is 4.79 Å². The van der Waals surface area contributed by atoms with Crippen LogP contribution < -0.4 is 14.8 Å². The second-order valence-corrected chi connectivity index (χ2v) is 6.75. The number of rotatable bonds is 6. The van der Waals surface area contributed by atoms with Crippen molar-refractivity contribution in [2.75, 3.05) is 19.0 Å². The van der Waals surface area contributed by atoms with E-state index in [0.29, 0.717) is 18.8 Å². The second-order valence-electron chi connectivity index (χ2n) is 6.75. The van der Waals surface area contributed by atoms with Crippen molar-refractivity contribution in [2.24, 2.45) is 0 Å². The molecule has 2 heterocycles. The Labute approximate surface area is 164 Å².